The van der Waals surface area contributed by atoms with Crippen LogP contribution in [-0.4, -0.2) is 20.6 Å². The Hall–Kier alpha value is -3.12. The molecule has 0 aliphatic rings. The third kappa shape index (κ3) is 5.56. The highest BCUT2D eigenvalue weighted by molar-refractivity contribution is 7.92. The Bertz CT molecular complexity index is 1180. The minimum absolute atomic E-state index is 0.118. The molecule has 0 bridgehead atoms. The van der Waals surface area contributed by atoms with Crippen molar-refractivity contribution >= 4 is 21.6 Å². The van der Waals surface area contributed by atoms with Gasteiger partial charge in [0.05, 0.1) is 24.5 Å². The summed E-state index contributed by atoms with van der Waals surface area (Å²) in [5.74, 6) is -0.167. The first-order valence-corrected chi connectivity index (χ1v) is 12.4. The molecule has 0 aliphatic carbocycles. The maximum atomic E-state index is 12.7. The summed E-state index contributed by atoms with van der Waals surface area (Å²) < 4.78 is 26.5. The second-order valence-corrected chi connectivity index (χ2v) is 10.2. The first kappa shape index (κ1) is 23.5. The number of rotatable bonds is 7. The number of sulfonamides is 1. The van der Waals surface area contributed by atoms with Gasteiger partial charge >= 0.3 is 0 Å². The third-order valence-corrected chi connectivity index (χ3v) is 6.67. The van der Waals surface area contributed by atoms with Crippen LogP contribution in [0.5, 0.6) is 0 Å². The maximum absolute atomic E-state index is 12.7. The standard InChI is InChI=1S/C26H30N2O3S/c1-18-9-13-23(14-10-18)21(4)27-26(29)24-15-11-22(12-16-24)17-28(32(5,30)31)25-19(2)7-6-8-20(25)3/h6-16,21H,17H2,1-5H3,(H,27,29)/t21-/m1/s1. The lowest BCUT2D eigenvalue weighted by Crippen LogP contribution is -2.30. The summed E-state index contributed by atoms with van der Waals surface area (Å²) in [6.45, 7) is 7.99. The molecule has 1 atom stereocenters. The average molecular weight is 451 g/mol. The van der Waals surface area contributed by atoms with Crippen molar-refractivity contribution in [1.82, 2.24) is 5.32 Å². The molecule has 1 amide bonds. The fraction of sp³-hybridized carbons (Fsp3) is 0.269. The van der Waals surface area contributed by atoms with Crippen molar-refractivity contribution in [1.29, 1.82) is 0 Å². The first-order chi connectivity index (χ1) is 15.1. The molecule has 0 unspecified atom stereocenters. The molecule has 0 heterocycles. The van der Waals surface area contributed by atoms with Gasteiger partial charge in [0.15, 0.2) is 0 Å². The van der Waals surface area contributed by atoms with Gasteiger partial charge in [0.1, 0.15) is 0 Å². The molecule has 0 saturated heterocycles. The number of nitrogens with one attached hydrogen (secondary N) is 1. The van der Waals surface area contributed by atoms with Crippen molar-refractivity contribution in [3.05, 3.63) is 100 Å². The monoisotopic (exact) mass is 450 g/mol. The Labute approximate surface area is 191 Å². The zero-order valence-electron chi connectivity index (χ0n) is 19.2. The summed E-state index contributed by atoms with van der Waals surface area (Å²) in [5.41, 5.74) is 6.05. The molecule has 0 radical (unpaired) electrons. The normalized spacial score (nSPS) is 12.3. The molecular formula is C26H30N2O3S. The molecule has 0 fully saturated rings. The van der Waals surface area contributed by atoms with Crippen LogP contribution in [0.3, 0.4) is 0 Å². The van der Waals surface area contributed by atoms with Crippen LogP contribution in [0.1, 0.15) is 51.1 Å². The summed E-state index contributed by atoms with van der Waals surface area (Å²) in [4.78, 5) is 12.7. The van der Waals surface area contributed by atoms with Gasteiger partial charge in [0.2, 0.25) is 10.0 Å². The van der Waals surface area contributed by atoms with Crippen LogP contribution in [0.2, 0.25) is 0 Å². The van der Waals surface area contributed by atoms with Gasteiger partial charge in [-0.3, -0.25) is 9.10 Å². The number of amides is 1. The van der Waals surface area contributed by atoms with Gasteiger partial charge in [0.25, 0.3) is 5.91 Å². The molecule has 0 aromatic heterocycles. The summed E-state index contributed by atoms with van der Waals surface area (Å²) in [5, 5.41) is 3.01. The summed E-state index contributed by atoms with van der Waals surface area (Å²) in [6, 6.07) is 20.8. The van der Waals surface area contributed by atoms with Crippen LogP contribution < -0.4 is 9.62 Å². The number of carbonyl (C=O) groups excluding carboxylic acids is 1. The number of hydrogen-bond donors (Lipinski definition) is 1. The van der Waals surface area contributed by atoms with Crippen molar-refractivity contribution in [3.8, 4) is 0 Å². The Kier molecular flexibility index (Phi) is 7.04. The Morgan fingerprint density at radius 3 is 2.00 bits per heavy atom. The number of hydrogen-bond acceptors (Lipinski definition) is 3. The van der Waals surface area contributed by atoms with Crippen LogP contribution in [0.25, 0.3) is 0 Å². The van der Waals surface area contributed by atoms with Gasteiger partial charge in [-0.1, -0.05) is 60.2 Å². The van der Waals surface area contributed by atoms with E-state index in [1.807, 2.05) is 70.2 Å². The minimum atomic E-state index is -3.48. The second-order valence-electron chi connectivity index (χ2n) is 8.31. The maximum Gasteiger partial charge on any atom is 0.251 e. The molecule has 0 saturated carbocycles. The number of carbonyl (C=O) groups is 1. The Morgan fingerprint density at radius 1 is 0.906 bits per heavy atom. The quantitative estimate of drug-likeness (QED) is 0.547. The number of nitrogens with zero attached hydrogens (tertiary/aromatic N) is 1. The lowest BCUT2D eigenvalue weighted by atomic mass is 10.1. The van der Waals surface area contributed by atoms with Gasteiger partial charge in [-0.15, -0.1) is 0 Å². The van der Waals surface area contributed by atoms with Gasteiger partial charge in [-0.25, -0.2) is 8.42 Å². The van der Waals surface area contributed by atoms with E-state index < -0.39 is 10.0 Å². The fourth-order valence-electron chi connectivity index (χ4n) is 3.71. The van der Waals surface area contributed by atoms with Crippen LogP contribution in [-0.2, 0) is 16.6 Å². The average Bonchev–Trinajstić information content (AvgIpc) is 2.73. The van der Waals surface area contributed by atoms with Crippen LogP contribution in [0.4, 0.5) is 5.69 Å². The lowest BCUT2D eigenvalue weighted by molar-refractivity contribution is 0.0940. The van der Waals surface area contributed by atoms with E-state index in [4.69, 9.17) is 0 Å². The molecule has 1 N–H and O–H groups in total. The topological polar surface area (TPSA) is 66.5 Å². The van der Waals surface area contributed by atoms with E-state index >= 15 is 0 Å². The Morgan fingerprint density at radius 2 is 1.47 bits per heavy atom. The van der Waals surface area contributed by atoms with Crippen LogP contribution in [0.15, 0.2) is 66.7 Å². The molecule has 3 aromatic carbocycles. The molecule has 0 aliphatic heterocycles. The highest BCUT2D eigenvalue weighted by atomic mass is 32.2. The molecule has 6 heteroatoms. The number of aryl methyl sites for hydroxylation is 3. The zero-order chi connectivity index (χ0) is 23.5. The molecule has 32 heavy (non-hydrogen) atoms. The predicted octanol–water partition coefficient (Wildman–Crippen LogP) is 5.07. The zero-order valence-corrected chi connectivity index (χ0v) is 20.0. The van der Waals surface area contributed by atoms with Crippen molar-refractivity contribution < 1.29 is 13.2 Å². The van der Waals surface area contributed by atoms with Crippen LogP contribution >= 0.6 is 0 Å². The smallest absolute Gasteiger partial charge is 0.251 e. The van der Waals surface area contributed by atoms with Gasteiger partial charge in [-0.05, 0) is 62.1 Å². The molecule has 0 spiro atoms. The van der Waals surface area contributed by atoms with Crippen LogP contribution in [0, 0.1) is 20.8 Å². The van der Waals surface area contributed by atoms with Crippen molar-refractivity contribution in [2.24, 2.45) is 0 Å². The highest BCUT2D eigenvalue weighted by Crippen LogP contribution is 2.28. The van der Waals surface area contributed by atoms with E-state index in [2.05, 4.69) is 5.32 Å². The molecular weight excluding hydrogens is 420 g/mol. The van der Waals surface area contributed by atoms with E-state index in [0.29, 0.717) is 11.3 Å². The second kappa shape index (κ2) is 9.57. The molecule has 5 nitrogen and oxygen atoms in total. The van der Waals surface area contributed by atoms with E-state index in [9.17, 15) is 13.2 Å². The van der Waals surface area contributed by atoms with Gasteiger partial charge in [0, 0.05) is 5.56 Å². The van der Waals surface area contributed by atoms with E-state index in [-0.39, 0.29) is 18.5 Å². The first-order valence-electron chi connectivity index (χ1n) is 10.6. The lowest BCUT2D eigenvalue weighted by Gasteiger charge is -2.26. The van der Waals surface area contributed by atoms with Crippen molar-refractivity contribution in [3.63, 3.8) is 0 Å². The highest BCUT2D eigenvalue weighted by Gasteiger charge is 2.21. The van der Waals surface area contributed by atoms with Crippen molar-refractivity contribution in [2.75, 3.05) is 10.6 Å². The molecule has 3 aromatic rings. The van der Waals surface area contributed by atoms with E-state index in [0.717, 1.165) is 22.3 Å². The van der Waals surface area contributed by atoms with E-state index in [1.165, 1.54) is 16.1 Å². The SMILES string of the molecule is Cc1ccc([C@@H](C)NC(=O)c2ccc(CN(c3c(C)cccc3C)S(C)(=O)=O)cc2)cc1. The van der Waals surface area contributed by atoms with Gasteiger partial charge in [-0.2, -0.15) is 0 Å². The van der Waals surface area contributed by atoms with E-state index in [1.54, 1.807) is 24.3 Å². The molecule has 168 valence electrons. The largest absolute Gasteiger partial charge is 0.346 e. The minimum Gasteiger partial charge on any atom is -0.346 e. The Balaban J connectivity index is 1.76. The summed E-state index contributed by atoms with van der Waals surface area (Å²) >= 11 is 0. The number of benzene rings is 3. The summed E-state index contributed by atoms with van der Waals surface area (Å²) in [7, 11) is -3.48. The number of anilines is 1. The molecule has 3 rings (SSSR count). The van der Waals surface area contributed by atoms with Crippen molar-refractivity contribution in [2.45, 2.75) is 40.3 Å². The summed E-state index contributed by atoms with van der Waals surface area (Å²) in [6.07, 6.45) is 1.22. The fourth-order valence-corrected chi connectivity index (χ4v) is 4.71. The van der Waals surface area contributed by atoms with Gasteiger partial charge < -0.3 is 5.32 Å². The third-order valence-electron chi connectivity index (χ3n) is 5.56. The predicted molar refractivity (Wildman–Crippen MR) is 130 cm³/mol. The number of para-hydroxylation sites is 1.